The van der Waals surface area contributed by atoms with E-state index in [0.717, 1.165) is 0 Å². The van der Waals surface area contributed by atoms with E-state index in [9.17, 15) is 14.7 Å². The van der Waals surface area contributed by atoms with Crippen molar-refractivity contribution in [3.8, 4) is 0 Å². The summed E-state index contributed by atoms with van der Waals surface area (Å²) in [6.45, 7) is 2.62. The van der Waals surface area contributed by atoms with Gasteiger partial charge in [-0.2, -0.15) is 0 Å². The van der Waals surface area contributed by atoms with E-state index in [4.69, 9.17) is 10.2 Å². The van der Waals surface area contributed by atoms with Crippen LogP contribution < -0.4 is 10.6 Å². The van der Waals surface area contributed by atoms with Gasteiger partial charge < -0.3 is 20.6 Å². The number of carbonyl (C=O) groups excluding carboxylic acids is 1. The molecule has 0 aromatic heterocycles. The molecule has 7 heteroatoms. The van der Waals surface area contributed by atoms with Crippen molar-refractivity contribution in [2.75, 3.05) is 6.61 Å². The second-order valence-corrected chi connectivity index (χ2v) is 4.98. The van der Waals surface area contributed by atoms with Crippen molar-refractivity contribution in [1.82, 2.24) is 10.6 Å². The minimum absolute atomic E-state index is 0.140. The quantitative estimate of drug-likeness (QED) is 0.393. The van der Waals surface area contributed by atoms with Crippen LogP contribution in [0, 0.1) is 5.92 Å². The van der Waals surface area contributed by atoms with Gasteiger partial charge in [0, 0.05) is 13.0 Å². The molecule has 1 aliphatic rings. The summed E-state index contributed by atoms with van der Waals surface area (Å²) in [4.78, 5) is 22.3. The van der Waals surface area contributed by atoms with Crippen LogP contribution in [0.2, 0.25) is 0 Å². The summed E-state index contributed by atoms with van der Waals surface area (Å²) in [5.41, 5.74) is 0. The second kappa shape index (κ2) is 7.37. The van der Waals surface area contributed by atoms with Crippen LogP contribution in [-0.4, -0.2) is 58.0 Å². The van der Waals surface area contributed by atoms with Gasteiger partial charge in [-0.3, -0.25) is 14.9 Å². The molecule has 1 aliphatic heterocycles. The van der Waals surface area contributed by atoms with E-state index >= 15 is 0 Å². The van der Waals surface area contributed by atoms with Gasteiger partial charge in [-0.15, -0.1) is 0 Å². The third kappa shape index (κ3) is 4.03. The number of carbonyl (C=O) groups is 2. The Kier molecular flexibility index (Phi) is 6.12. The lowest BCUT2D eigenvalue weighted by Crippen LogP contribution is -2.57. The molecule has 0 radical (unpaired) electrons. The van der Waals surface area contributed by atoms with Gasteiger partial charge in [0.05, 0.1) is 18.8 Å². The number of aliphatic hydroxyl groups is 2. The molecule has 114 valence electrons. The second-order valence-electron chi connectivity index (χ2n) is 4.98. The SMILES string of the molecule is C/C=C\[C@@H]1C[C@H](C(=O)O)N[C@H]1[C@@H](NC(C)=O)[C@@H](O)CO. The number of aliphatic hydroxyl groups excluding tert-OH is 2. The Labute approximate surface area is 117 Å². The maximum atomic E-state index is 11.2. The Morgan fingerprint density at radius 2 is 2.15 bits per heavy atom. The Balaban J connectivity index is 2.95. The van der Waals surface area contributed by atoms with Crippen LogP contribution in [0.1, 0.15) is 20.3 Å². The van der Waals surface area contributed by atoms with Gasteiger partial charge in [-0.25, -0.2) is 0 Å². The Morgan fingerprint density at radius 1 is 1.50 bits per heavy atom. The highest BCUT2D eigenvalue weighted by atomic mass is 16.4. The first kappa shape index (κ1) is 16.6. The summed E-state index contributed by atoms with van der Waals surface area (Å²) in [6.07, 6.45) is 2.87. The first-order valence-electron chi connectivity index (χ1n) is 6.58. The Bertz CT molecular complexity index is 385. The number of hydrogen-bond donors (Lipinski definition) is 5. The largest absolute Gasteiger partial charge is 0.480 e. The fourth-order valence-corrected chi connectivity index (χ4v) is 2.60. The van der Waals surface area contributed by atoms with E-state index in [1.807, 2.05) is 13.0 Å². The highest BCUT2D eigenvalue weighted by Crippen LogP contribution is 2.26. The van der Waals surface area contributed by atoms with Crippen LogP contribution in [0.3, 0.4) is 0 Å². The van der Waals surface area contributed by atoms with Crippen LogP contribution in [0.25, 0.3) is 0 Å². The highest BCUT2D eigenvalue weighted by Gasteiger charge is 2.42. The molecule has 0 spiro atoms. The number of carboxylic acids is 1. The smallest absolute Gasteiger partial charge is 0.320 e. The summed E-state index contributed by atoms with van der Waals surface area (Å²) >= 11 is 0. The molecule has 1 saturated heterocycles. The average molecular weight is 286 g/mol. The summed E-state index contributed by atoms with van der Waals surface area (Å²) < 4.78 is 0. The molecule has 1 rings (SSSR count). The number of amides is 1. The number of hydrogen-bond acceptors (Lipinski definition) is 5. The van der Waals surface area contributed by atoms with Crippen LogP contribution in [0.15, 0.2) is 12.2 Å². The lowest BCUT2D eigenvalue weighted by Gasteiger charge is -2.31. The number of allylic oxidation sites excluding steroid dienone is 1. The van der Waals surface area contributed by atoms with E-state index in [-0.39, 0.29) is 11.8 Å². The molecular formula is C13H22N2O5. The van der Waals surface area contributed by atoms with Gasteiger partial charge in [0.2, 0.25) is 5.91 Å². The van der Waals surface area contributed by atoms with Crippen molar-refractivity contribution in [2.45, 2.75) is 44.5 Å². The van der Waals surface area contributed by atoms with Gasteiger partial charge >= 0.3 is 5.97 Å². The molecule has 0 saturated carbocycles. The molecule has 1 fully saturated rings. The predicted molar refractivity (Wildman–Crippen MR) is 72.0 cm³/mol. The molecule has 0 aliphatic carbocycles. The summed E-state index contributed by atoms with van der Waals surface area (Å²) in [5.74, 6) is -1.46. The van der Waals surface area contributed by atoms with Crippen molar-refractivity contribution in [3.05, 3.63) is 12.2 Å². The Morgan fingerprint density at radius 3 is 2.60 bits per heavy atom. The monoisotopic (exact) mass is 286 g/mol. The summed E-state index contributed by atoms with van der Waals surface area (Å²) in [6, 6.07) is -1.93. The van der Waals surface area contributed by atoms with Crippen molar-refractivity contribution in [3.63, 3.8) is 0 Å². The third-order valence-electron chi connectivity index (χ3n) is 3.46. The molecule has 7 nitrogen and oxygen atoms in total. The fourth-order valence-electron chi connectivity index (χ4n) is 2.60. The maximum absolute atomic E-state index is 11.2. The van der Waals surface area contributed by atoms with Crippen LogP contribution in [-0.2, 0) is 9.59 Å². The summed E-state index contributed by atoms with van der Waals surface area (Å²) in [5, 5.41) is 33.6. The molecule has 1 heterocycles. The number of nitrogens with one attached hydrogen (secondary N) is 2. The minimum atomic E-state index is -1.16. The molecule has 20 heavy (non-hydrogen) atoms. The molecule has 0 unspecified atom stereocenters. The van der Waals surface area contributed by atoms with E-state index in [0.29, 0.717) is 6.42 Å². The van der Waals surface area contributed by atoms with E-state index in [1.165, 1.54) is 6.92 Å². The highest BCUT2D eigenvalue weighted by molar-refractivity contribution is 5.75. The molecule has 5 atom stereocenters. The van der Waals surface area contributed by atoms with Crippen LogP contribution >= 0.6 is 0 Å². The number of aliphatic carboxylic acids is 1. The van der Waals surface area contributed by atoms with E-state index in [1.54, 1.807) is 6.08 Å². The van der Waals surface area contributed by atoms with Crippen LogP contribution in [0.4, 0.5) is 0 Å². The van der Waals surface area contributed by atoms with Crippen molar-refractivity contribution < 1.29 is 24.9 Å². The fraction of sp³-hybridized carbons (Fsp3) is 0.692. The standard InChI is InChI=1S/C13H22N2O5/c1-3-4-8-5-9(13(19)20)15-11(8)12(10(18)6-16)14-7(2)17/h3-4,8-12,15-16,18H,5-6H2,1-2H3,(H,14,17)(H,19,20)/b4-3-/t8-,9-,10+,11-,12+/m1/s1. The molecule has 5 N–H and O–H groups in total. The number of rotatable bonds is 6. The van der Waals surface area contributed by atoms with Gasteiger partial charge in [0.15, 0.2) is 0 Å². The average Bonchev–Trinajstić information content (AvgIpc) is 2.79. The Hall–Kier alpha value is -1.44. The zero-order valence-electron chi connectivity index (χ0n) is 11.6. The topological polar surface area (TPSA) is 119 Å². The lowest BCUT2D eigenvalue weighted by molar-refractivity contribution is -0.139. The first-order chi connectivity index (χ1) is 9.40. The van der Waals surface area contributed by atoms with Gasteiger partial charge in [0.1, 0.15) is 6.04 Å². The van der Waals surface area contributed by atoms with Gasteiger partial charge in [-0.05, 0) is 19.3 Å². The molecule has 0 aromatic rings. The van der Waals surface area contributed by atoms with E-state index in [2.05, 4.69) is 10.6 Å². The zero-order valence-corrected chi connectivity index (χ0v) is 11.6. The molecule has 0 bridgehead atoms. The zero-order chi connectivity index (χ0) is 15.3. The first-order valence-corrected chi connectivity index (χ1v) is 6.58. The van der Waals surface area contributed by atoms with Crippen molar-refractivity contribution in [2.24, 2.45) is 5.92 Å². The lowest BCUT2D eigenvalue weighted by atomic mass is 9.90. The molecular weight excluding hydrogens is 264 g/mol. The molecule has 0 aromatic carbocycles. The van der Waals surface area contributed by atoms with Crippen LogP contribution in [0.5, 0.6) is 0 Å². The maximum Gasteiger partial charge on any atom is 0.320 e. The van der Waals surface area contributed by atoms with Gasteiger partial charge in [0.25, 0.3) is 0 Å². The van der Waals surface area contributed by atoms with E-state index < -0.39 is 36.8 Å². The van der Waals surface area contributed by atoms with Gasteiger partial charge in [-0.1, -0.05) is 12.2 Å². The normalized spacial score (nSPS) is 29.3. The van der Waals surface area contributed by atoms with Crippen molar-refractivity contribution >= 4 is 11.9 Å². The minimum Gasteiger partial charge on any atom is -0.480 e. The number of carboxylic acid groups (broad SMARTS) is 1. The summed E-state index contributed by atoms with van der Waals surface area (Å²) in [7, 11) is 0. The predicted octanol–water partition coefficient (Wildman–Crippen LogP) is -1.15. The third-order valence-corrected chi connectivity index (χ3v) is 3.46. The van der Waals surface area contributed by atoms with Crippen molar-refractivity contribution in [1.29, 1.82) is 0 Å². The molecule has 1 amide bonds.